The Bertz CT molecular complexity index is 825. The highest BCUT2D eigenvalue weighted by Crippen LogP contribution is 2.58. The van der Waals surface area contributed by atoms with Crippen molar-refractivity contribution in [3.05, 3.63) is 35.5 Å². The quantitative estimate of drug-likeness (QED) is 0.486. The van der Waals surface area contributed by atoms with Crippen LogP contribution < -0.4 is 0 Å². The lowest BCUT2D eigenvalue weighted by atomic mass is 9.62. The summed E-state index contributed by atoms with van der Waals surface area (Å²) in [7, 11) is 1.82. The molecular weight excluding hydrogens is 430 g/mol. The van der Waals surface area contributed by atoms with Crippen molar-refractivity contribution in [2.45, 2.75) is 96.6 Å². The lowest BCUT2D eigenvalue weighted by Crippen LogP contribution is -2.42. The van der Waals surface area contributed by atoms with E-state index in [1.807, 2.05) is 14.0 Å². The molecule has 3 rings (SSSR count). The first-order valence-electron chi connectivity index (χ1n) is 12.9. The van der Waals surface area contributed by atoms with Crippen molar-refractivity contribution >= 4 is 5.97 Å². The number of aliphatic hydroxyl groups is 3. The summed E-state index contributed by atoms with van der Waals surface area (Å²) in [5.41, 5.74) is 2.32. The predicted octanol–water partition coefficient (Wildman–Crippen LogP) is 3.76. The Hall–Kier alpha value is -1.47. The number of carbonyl (C=O) groups is 1. The molecule has 0 heterocycles. The summed E-state index contributed by atoms with van der Waals surface area (Å²) in [6.07, 6.45) is 9.25. The fourth-order valence-corrected chi connectivity index (χ4v) is 6.78. The van der Waals surface area contributed by atoms with Crippen molar-refractivity contribution in [3.8, 4) is 0 Å². The molecule has 3 fully saturated rings. The summed E-state index contributed by atoms with van der Waals surface area (Å²) in [5, 5.41) is 30.2. The topological polar surface area (TPSA) is 90.2 Å². The molecule has 0 aromatic heterocycles. The van der Waals surface area contributed by atoms with Crippen LogP contribution in [0, 0.1) is 17.3 Å². The van der Waals surface area contributed by atoms with Gasteiger partial charge in [0, 0.05) is 18.9 Å². The summed E-state index contributed by atoms with van der Waals surface area (Å²) >= 11 is 0. The van der Waals surface area contributed by atoms with Crippen molar-refractivity contribution in [2.24, 2.45) is 17.3 Å². The van der Waals surface area contributed by atoms with Crippen molar-refractivity contribution < 1.29 is 24.9 Å². The van der Waals surface area contributed by atoms with Crippen molar-refractivity contribution in [2.75, 3.05) is 20.1 Å². The van der Waals surface area contributed by atoms with Gasteiger partial charge in [-0.25, -0.2) is 0 Å². The molecule has 0 aromatic carbocycles. The first-order chi connectivity index (χ1) is 15.8. The zero-order chi connectivity index (χ0) is 25.3. The van der Waals surface area contributed by atoms with Crippen molar-refractivity contribution in [1.29, 1.82) is 0 Å². The van der Waals surface area contributed by atoms with Crippen molar-refractivity contribution in [3.63, 3.8) is 0 Å². The number of nitrogens with zero attached hydrogens (tertiary/aromatic N) is 1. The highest BCUT2D eigenvalue weighted by Gasteiger charge is 2.51. The van der Waals surface area contributed by atoms with E-state index in [9.17, 15) is 20.1 Å². The lowest BCUT2D eigenvalue weighted by molar-refractivity contribution is -0.154. The summed E-state index contributed by atoms with van der Waals surface area (Å²) in [5.74, 6) is 0.523. The fraction of sp³-hybridized carbons (Fsp3) is 0.750. The van der Waals surface area contributed by atoms with E-state index in [4.69, 9.17) is 4.74 Å². The third kappa shape index (κ3) is 6.39. The number of carbonyl (C=O) groups excluding carboxylic acids is 1. The second-order valence-corrected chi connectivity index (χ2v) is 11.8. The molecule has 3 N–H and O–H groups in total. The third-order valence-electron chi connectivity index (χ3n) is 8.24. The molecule has 3 aliphatic rings. The average Bonchev–Trinajstić information content (AvgIpc) is 3.05. The van der Waals surface area contributed by atoms with Gasteiger partial charge in [0.2, 0.25) is 0 Å². The number of fused-ring (bicyclic) bond motifs is 1. The van der Waals surface area contributed by atoms with Crippen LogP contribution in [-0.2, 0) is 9.53 Å². The molecular formula is C28H45NO5. The second-order valence-electron chi connectivity index (χ2n) is 11.8. The molecule has 0 spiro atoms. The van der Waals surface area contributed by atoms with Gasteiger partial charge in [0.25, 0.3) is 0 Å². The molecule has 0 radical (unpaired) electrons. The maximum Gasteiger partial charge on any atom is 0.320 e. The Kier molecular flexibility index (Phi) is 8.50. The van der Waals surface area contributed by atoms with Crippen LogP contribution in [0.4, 0.5) is 0 Å². The largest absolute Gasteiger partial charge is 0.461 e. The van der Waals surface area contributed by atoms with Gasteiger partial charge in [0.15, 0.2) is 0 Å². The van der Waals surface area contributed by atoms with Crippen LogP contribution in [0.5, 0.6) is 0 Å². The molecule has 0 bridgehead atoms. The molecule has 3 aliphatic carbocycles. The molecule has 34 heavy (non-hydrogen) atoms. The average molecular weight is 476 g/mol. The summed E-state index contributed by atoms with van der Waals surface area (Å²) in [6.45, 7) is 12.5. The normalized spacial score (nSPS) is 35.6. The van der Waals surface area contributed by atoms with E-state index in [-0.39, 0.29) is 24.0 Å². The van der Waals surface area contributed by atoms with E-state index >= 15 is 0 Å². The smallest absolute Gasteiger partial charge is 0.320 e. The molecule has 0 aliphatic heterocycles. The summed E-state index contributed by atoms with van der Waals surface area (Å²) in [4.78, 5) is 14.4. The molecule has 0 unspecified atom stereocenters. The number of aliphatic hydroxyl groups excluding tert-OH is 2. The maximum atomic E-state index is 12.6. The minimum absolute atomic E-state index is 0.0872. The van der Waals surface area contributed by atoms with Crippen LogP contribution in [0.2, 0.25) is 0 Å². The lowest BCUT2D eigenvalue weighted by Gasteiger charge is -2.44. The van der Waals surface area contributed by atoms with Crippen molar-refractivity contribution in [1.82, 2.24) is 4.90 Å². The fourth-order valence-electron chi connectivity index (χ4n) is 6.78. The maximum absolute atomic E-state index is 12.6. The highest BCUT2D eigenvalue weighted by molar-refractivity contribution is 5.71. The Morgan fingerprint density at radius 2 is 2.03 bits per heavy atom. The van der Waals surface area contributed by atoms with E-state index in [0.29, 0.717) is 31.2 Å². The van der Waals surface area contributed by atoms with E-state index in [1.54, 1.807) is 18.7 Å². The predicted molar refractivity (Wildman–Crippen MR) is 134 cm³/mol. The standard InChI is InChI=1S/C28H45NO5/c1-18-21(14-22(30)15-25(18)31)10-9-20-8-7-13-28(5)23(11-12-24(20)28)19(2)34-26(32)16-29(6)17-27(3,4)33/h9-10,19,22-25,30-31,33H,1,7-8,11-17H2,2-6H3/b20-9+,21-10-/t19-,22+,23+,24-,25-,28+/m0/s1. The number of allylic oxidation sites excluding steroid dienone is 3. The molecule has 6 heteroatoms. The van der Waals surface area contributed by atoms with E-state index in [2.05, 4.69) is 25.7 Å². The number of rotatable bonds is 7. The van der Waals surface area contributed by atoms with Gasteiger partial charge in [-0.05, 0) is 88.8 Å². The van der Waals surface area contributed by atoms with Crippen LogP contribution in [0.25, 0.3) is 0 Å². The monoisotopic (exact) mass is 475 g/mol. The van der Waals surface area contributed by atoms with Crippen LogP contribution in [0.15, 0.2) is 35.5 Å². The van der Waals surface area contributed by atoms with Gasteiger partial charge in [0.1, 0.15) is 6.10 Å². The SMILES string of the molecule is C=C1/C(=C\C=C2/CCC[C@]3(C)[C@@H]([C@H](C)OC(=O)CN(C)CC(C)(C)O)CC[C@@H]23)C[C@@H](O)C[C@@H]1O. The summed E-state index contributed by atoms with van der Waals surface area (Å²) in [6, 6.07) is 0. The number of esters is 1. The Labute approximate surface area is 205 Å². The second kappa shape index (κ2) is 10.7. The van der Waals surface area contributed by atoms with Crippen LogP contribution in [0.3, 0.4) is 0 Å². The Morgan fingerprint density at radius 3 is 2.71 bits per heavy atom. The summed E-state index contributed by atoms with van der Waals surface area (Å²) < 4.78 is 5.90. The number of ether oxygens (including phenoxy) is 1. The van der Waals surface area contributed by atoms with Gasteiger partial charge < -0.3 is 20.1 Å². The van der Waals surface area contributed by atoms with Gasteiger partial charge in [-0.3, -0.25) is 9.69 Å². The molecule has 6 atom stereocenters. The van der Waals surface area contributed by atoms with Gasteiger partial charge in [-0.1, -0.05) is 31.2 Å². The van der Waals surface area contributed by atoms with E-state index in [0.717, 1.165) is 43.3 Å². The van der Waals surface area contributed by atoms with E-state index < -0.39 is 17.8 Å². The minimum atomic E-state index is -0.854. The third-order valence-corrected chi connectivity index (χ3v) is 8.24. The molecule has 0 aromatic rings. The van der Waals surface area contributed by atoms with Crippen LogP contribution in [-0.4, -0.2) is 70.2 Å². The number of hydrogen-bond acceptors (Lipinski definition) is 6. The Balaban J connectivity index is 1.66. The first-order valence-corrected chi connectivity index (χ1v) is 12.9. The number of hydrogen-bond donors (Lipinski definition) is 3. The van der Waals surface area contributed by atoms with E-state index in [1.165, 1.54) is 5.57 Å². The van der Waals surface area contributed by atoms with Gasteiger partial charge in [0.05, 0.1) is 24.4 Å². The molecule has 0 amide bonds. The number of likely N-dealkylation sites (N-methyl/N-ethyl adjacent to an activating group) is 1. The van der Waals surface area contributed by atoms with Gasteiger partial charge in [-0.2, -0.15) is 0 Å². The minimum Gasteiger partial charge on any atom is -0.461 e. The highest BCUT2D eigenvalue weighted by atomic mass is 16.5. The van der Waals surface area contributed by atoms with Gasteiger partial charge >= 0.3 is 5.97 Å². The zero-order valence-corrected chi connectivity index (χ0v) is 21.7. The molecule has 0 saturated heterocycles. The van der Waals surface area contributed by atoms with Crippen LogP contribution in [0.1, 0.15) is 72.6 Å². The van der Waals surface area contributed by atoms with Gasteiger partial charge in [-0.15, -0.1) is 0 Å². The molecule has 3 saturated carbocycles. The Morgan fingerprint density at radius 1 is 1.32 bits per heavy atom. The molecule has 192 valence electrons. The molecule has 6 nitrogen and oxygen atoms in total. The first kappa shape index (κ1) is 27.1. The zero-order valence-electron chi connectivity index (χ0n) is 21.7. The van der Waals surface area contributed by atoms with Crippen LogP contribution >= 0.6 is 0 Å².